The number of ether oxygens (including phenoxy) is 2. The molecule has 2 N–H and O–H groups in total. The summed E-state index contributed by atoms with van der Waals surface area (Å²) in [5.74, 6) is 0.780. The van der Waals surface area contributed by atoms with E-state index in [0.717, 1.165) is 0 Å². The average Bonchev–Trinajstić information content (AvgIpc) is 2.37. The lowest BCUT2D eigenvalue weighted by Crippen LogP contribution is -2.00. The van der Waals surface area contributed by atoms with E-state index in [9.17, 15) is 10.1 Å². The van der Waals surface area contributed by atoms with Gasteiger partial charge in [0.25, 0.3) is 5.69 Å². The Morgan fingerprint density at radius 3 is 2.60 bits per heavy atom. The summed E-state index contributed by atoms with van der Waals surface area (Å²) in [6.45, 7) is 1.73. The highest BCUT2D eigenvalue weighted by Crippen LogP contribution is 2.34. The van der Waals surface area contributed by atoms with Gasteiger partial charge in [-0.25, -0.2) is 4.98 Å². The van der Waals surface area contributed by atoms with Crippen LogP contribution in [0.1, 0.15) is 5.69 Å². The molecule has 2 rings (SSSR count). The number of nitro benzene ring substituents is 1. The molecule has 2 aromatic rings. The predicted molar refractivity (Wildman–Crippen MR) is 70.9 cm³/mol. The molecular weight excluding hydrogens is 264 g/mol. The largest absolute Gasteiger partial charge is 0.493 e. The van der Waals surface area contributed by atoms with Crippen molar-refractivity contribution in [2.45, 2.75) is 6.92 Å². The van der Waals surface area contributed by atoms with E-state index >= 15 is 0 Å². The van der Waals surface area contributed by atoms with Gasteiger partial charge in [-0.15, -0.1) is 0 Å². The van der Waals surface area contributed by atoms with Gasteiger partial charge in [0.15, 0.2) is 11.5 Å². The third-order valence-corrected chi connectivity index (χ3v) is 2.42. The lowest BCUT2D eigenvalue weighted by molar-refractivity contribution is -0.384. The summed E-state index contributed by atoms with van der Waals surface area (Å²) < 4.78 is 10.6. The normalized spacial score (nSPS) is 10.1. The summed E-state index contributed by atoms with van der Waals surface area (Å²) in [7, 11) is 1.44. The standard InChI is InChI=1S/C12H12N4O4/c1-7-5-11(15-12(13)14-7)20-10-6-8(16(17)18)3-4-9(10)19-2/h3-6H,1-2H3,(H2,13,14,15). The number of anilines is 1. The Labute approximate surface area is 114 Å². The molecule has 0 spiro atoms. The molecule has 8 heteroatoms. The number of nitrogens with zero attached hydrogens (tertiary/aromatic N) is 3. The zero-order valence-electron chi connectivity index (χ0n) is 10.9. The van der Waals surface area contributed by atoms with Gasteiger partial charge in [-0.05, 0) is 13.0 Å². The van der Waals surface area contributed by atoms with Crippen LogP contribution < -0.4 is 15.2 Å². The minimum Gasteiger partial charge on any atom is -0.493 e. The fourth-order valence-electron chi connectivity index (χ4n) is 1.59. The van der Waals surface area contributed by atoms with Crippen LogP contribution in [0.25, 0.3) is 0 Å². The van der Waals surface area contributed by atoms with E-state index < -0.39 is 4.92 Å². The minimum absolute atomic E-state index is 0.0596. The van der Waals surface area contributed by atoms with E-state index in [-0.39, 0.29) is 23.3 Å². The number of hydrogen-bond donors (Lipinski definition) is 1. The molecule has 0 aliphatic heterocycles. The van der Waals surface area contributed by atoms with Crippen molar-refractivity contribution >= 4 is 11.6 Å². The molecule has 0 saturated heterocycles. The maximum Gasteiger partial charge on any atom is 0.273 e. The zero-order chi connectivity index (χ0) is 14.7. The summed E-state index contributed by atoms with van der Waals surface area (Å²) in [6.07, 6.45) is 0. The summed E-state index contributed by atoms with van der Waals surface area (Å²) in [4.78, 5) is 18.1. The van der Waals surface area contributed by atoms with Gasteiger partial charge in [-0.3, -0.25) is 10.1 Å². The Morgan fingerprint density at radius 1 is 1.25 bits per heavy atom. The van der Waals surface area contributed by atoms with Crippen LogP contribution in [0.2, 0.25) is 0 Å². The van der Waals surface area contributed by atoms with Crippen LogP contribution >= 0.6 is 0 Å². The van der Waals surface area contributed by atoms with Gasteiger partial charge in [0, 0.05) is 17.8 Å². The molecule has 0 atom stereocenters. The Kier molecular flexibility index (Phi) is 3.65. The Balaban J connectivity index is 2.40. The number of nitrogens with two attached hydrogens (primary N) is 1. The van der Waals surface area contributed by atoms with Gasteiger partial charge >= 0.3 is 0 Å². The van der Waals surface area contributed by atoms with Crippen molar-refractivity contribution in [3.63, 3.8) is 0 Å². The van der Waals surface area contributed by atoms with E-state index in [0.29, 0.717) is 11.4 Å². The lowest BCUT2D eigenvalue weighted by atomic mass is 10.3. The molecule has 0 aliphatic carbocycles. The van der Waals surface area contributed by atoms with Gasteiger partial charge < -0.3 is 15.2 Å². The lowest BCUT2D eigenvalue weighted by Gasteiger charge is -2.09. The molecule has 8 nitrogen and oxygen atoms in total. The van der Waals surface area contributed by atoms with E-state index in [1.807, 2.05) is 0 Å². The van der Waals surface area contributed by atoms with Gasteiger partial charge in [0.1, 0.15) is 0 Å². The second-order valence-electron chi connectivity index (χ2n) is 3.90. The highest BCUT2D eigenvalue weighted by atomic mass is 16.6. The van der Waals surface area contributed by atoms with E-state index in [4.69, 9.17) is 15.2 Å². The first-order valence-electron chi connectivity index (χ1n) is 5.61. The number of benzene rings is 1. The molecule has 20 heavy (non-hydrogen) atoms. The van der Waals surface area contributed by atoms with Crippen LogP contribution in [0.3, 0.4) is 0 Å². The maximum absolute atomic E-state index is 10.8. The predicted octanol–water partition coefficient (Wildman–Crippen LogP) is 2.08. The molecule has 1 aromatic heterocycles. The Hall–Kier alpha value is -2.90. The first-order valence-corrected chi connectivity index (χ1v) is 5.61. The second kappa shape index (κ2) is 5.39. The van der Waals surface area contributed by atoms with Gasteiger partial charge in [0.05, 0.1) is 18.1 Å². The minimum atomic E-state index is -0.522. The van der Waals surface area contributed by atoms with Crippen LogP contribution in [-0.2, 0) is 0 Å². The maximum atomic E-state index is 10.8. The zero-order valence-corrected chi connectivity index (χ0v) is 10.9. The second-order valence-corrected chi connectivity index (χ2v) is 3.90. The number of aryl methyl sites for hydroxylation is 1. The van der Waals surface area contributed by atoms with Crippen molar-refractivity contribution in [1.82, 2.24) is 9.97 Å². The van der Waals surface area contributed by atoms with Crippen molar-refractivity contribution in [2.24, 2.45) is 0 Å². The van der Waals surface area contributed by atoms with Crippen molar-refractivity contribution in [3.05, 3.63) is 40.1 Å². The van der Waals surface area contributed by atoms with Crippen LogP contribution in [0.15, 0.2) is 24.3 Å². The molecule has 104 valence electrons. The first kappa shape index (κ1) is 13.5. The van der Waals surface area contributed by atoms with Crippen molar-refractivity contribution in [3.8, 4) is 17.4 Å². The fraction of sp³-hybridized carbons (Fsp3) is 0.167. The summed E-state index contributed by atoms with van der Waals surface area (Å²) in [6, 6.07) is 5.59. The molecule has 1 aromatic carbocycles. The third-order valence-electron chi connectivity index (χ3n) is 2.42. The van der Waals surface area contributed by atoms with Crippen LogP contribution in [-0.4, -0.2) is 22.0 Å². The van der Waals surface area contributed by atoms with E-state index in [1.165, 1.54) is 25.3 Å². The summed E-state index contributed by atoms with van der Waals surface area (Å²) >= 11 is 0. The first-order chi connectivity index (χ1) is 9.49. The molecule has 0 amide bonds. The number of aromatic nitrogens is 2. The van der Waals surface area contributed by atoms with Gasteiger partial charge in [0.2, 0.25) is 11.8 Å². The summed E-state index contributed by atoms with van der Waals surface area (Å²) in [5, 5.41) is 10.8. The monoisotopic (exact) mass is 276 g/mol. The fourth-order valence-corrected chi connectivity index (χ4v) is 1.59. The molecule has 1 heterocycles. The highest BCUT2D eigenvalue weighted by molar-refractivity contribution is 5.50. The highest BCUT2D eigenvalue weighted by Gasteiger charge is 2.14. The van der Waals surface area contributed by atoms with Crippen molar-refractivity contribution in [1.29, 1.82) is 0 Å². The van der Waals surface area contributed by atoms with Crippen molar-refractivity contribution in [2.75, 3.05) is 12.8 Å². The quantitative estimate of drug-likeness (QED) is 0.671. The number of hydrogen-bond acceptors (Lipinski definition) is 7. The molecule has 0 saturated carbocycles. The molecule has 0 aliphatic rings. The molecule has 0 bridgehead atoms. The number of nitrogen functional groups attached to an aromatic ring is 1. The molecule has 0 radical (unpaired) electrons. The molecule has 0 fully saturated rings. The molecule has 0 unspecified atom stereocenters. The molecular formula is C12H12N4O4. The topological polar surface area (TPSA) is 113 Å². The van der Waals surface area contributed by atoms with Crippen LogP contribution in [0, 0.1) is 17.0 Å². The third kappa shape index (κ3) is 2.91. The van der Waals surface area contributed by atoms with Gasteiger partial charge in [-0.2, -0.15) is 4.98 Å². The number of rotatable bonds is 4. The average molecular weight is 276 g/mol. The summed E-state index contributed by atoms with van der Waals surface area (Å²) in [5.41, 5.74) is 6.03. The number of non-ortho nitro benzene ring substituents is 1. The smallest absolute Gasteiger partial charge is 0.273 e. The van der Waals surface area contributed by atoms with Crippen LogP contribution in [0.4, 0.5) is 11.6 Å². The van der Waals surface area contributed by atoms with Gasteiger partial charge in [-0.1, -0.05) is 0 Å². The number of methoxy groups -OCH3 is 1. The number of nitro groups is 1. The SMILES string of the molecule is COc1ccc([N+](=O)[O-])cc1Oc1cc(C)nc(N)n1. The van der Waals surface area contributed by atoms with Crippen LogP contribution in [0.5, 0.6) is 17.4 Å². The van der Waals surface area contributed by atoms with E-state index in [1.54, 1.807) is 13.0 Å². The Bertz CT molecular complexity index is 640. The van der Waals surface area contributed by atoms with Crippen molar-refractivity contribution < 1.29 is 14.4 Å². The van der Waals surface area contributed by atoms with E-state index in [2.05, 4.69) is 9.97 Å². The Morgan fingerprint density at radius 2 is 2.00 bits per heavy atom.